The van der Waals surface area contributed by atoms with Gasteiger partial charge in [0, 0.05) is 23.6 Å². The fraction of sp³-hybridized carbons (Fsp3) is 0.310. The number of carboxylic acid groups (broad SMARTS) is 1. The van der Waals surface area contributed by atoms with E-state index in [1.165, 1.54) is 0 Å². The van der Waals surface area contributed by atoms with E-state index in [9.17, 15) is 9.90 Å². The van der Waals surface area contributed by atoms with E-state index in [4.69, 9.17) is 14.5 Å². The molecule has 182 valence electrons. The number of carboxylic acids is 1. The number of nitrogens with zero attached hydrogens (tertiary/aromatic N) is 2. The number of pyridine rings is 1. The predicted octanol–water partition coefficient (Wildman–Crippen LogP) is 6.07. The minimum Gasteiger partial charge on any atom is -0.492 e. The molecule has 6 heteroatoms. The molecule has 0 aliphatic heterocycles. The maximum Gasteiger partial charge on any atom is 0.333 e. The van der Waals surface area contributed by atoms with Gasteiger partial charge in [-0.25, -0.2) is 9.78 Å². The van der Waals surface area contributed by atoms with Gasteiger partial charge in [-0.2, -0.15) is 0 Å². The van der Waals surface area contributed by atoms with Gasteiger partial charge in [-0.1, -0.05) is 43.3 Å². The van der Waals surface area contributed by atoms with Crippen molar-refractivity contribution in [3.63, 3.8) is 0 Å². The first-order valence-electron chi connectivity index (χ1n) is 12.1. The zero-order valence-electron chi connectivity index (χ0n) is 20.5. The lowest BCUT2D eigenvalue weighted by molar-refractivity contribution is -0.151. The molecule has 2 aromatic heterocycles. The lowest BCUT2D eigenvalue weighted by Crippen LogP contribution is -2.30. The second kappa shape index (κ2) is 11.2. The highest BCUT2D eigenvalue weighted by Gasteiger charge is 2.28. The number of fused-ring (bicyclic) bond motifs is 1. The van der Waals surface area contributed by atoms with Gasteiger partial charge < -0.3 is 19.1 Å². The summed E-state index contributed by atoms with van der Waals surface area (Å²) >= 11 is 0. The Morgan fingerprint density at radius 3 is 2.49 bits per heavy atom. The van der Waals surface area contributed by atoms with Crippen LogP contribution in [0.4, 0.5) is 0 Å². The van der Waals surface area contributed by atoms with Crippen molar-refractivity contribution in [1.82, 2.24) is 9.55 Å². The monoisotopic (exact) mass is 472 g/mol. The Morgan fingerprint density at radius 1 is 1.00 bits per heavy atom. The summed E-state index contributed by atoms with van der Waals surface area (Å²) in [4.78, 5) is 16.5. The smallest absolute Gasteiger partial charge is 0.333 e. The number of aliphatic carboxylic acids is 1. The number of benzene rings is 2. The summed E-state index contributed by atoms with van der Waals surface area (Å²) in [6, 6.07) is 24.2. The van der Waals surface area contributed by atoms with Crippen molar-refractivity contribution in [3.8, 4) is 17.1 Å². The molecular formula is C29H32N2O4. The van der Waals surface area contributed by atoms with Gasteiger partial charge in [-0.3, -0.25) is 0 Å². The number of hydrogen-bond acceptors (Lipinski definition) is 4. The highest BCUT2D eigenvalue weighted by atomic mass is 16.5. The van der Waals surface area contributed by atoms with E-state index in [2.05, 4.69) is 41.8 Å². The first kappa shape index (κ1) is 24.5. The Balaban J connectivity index is 1.43. The number of aromatic nitrogens is 2. The zero-order valence-corrected chi connectivity index (χ0v) is 20.5. The molecule has 0 spiro atoms. The summed E-state index contributed by atoms with van der Waals surface area (Å²) in [5, 5.41) is 10.7. The van der Waals surface area contributed by atoms with E-state index >= 15 is 0 Å². The predicted molar refractivity (Wildman–Crippen MR) is 138 cm³/mol. The molecule has 0 radical (unpaired) electrons. The van der Waals surface area contributed by atoms with Crippen molar-refractivity contribution in [2.24, 2.45) is 0 Å². The Hall–Kier alpha value is -3.64. The van der Waals surface area contributed by atoms with Crippen LogP contribution in [-0.2, 0) is 16.1 Å². The SMILES string of the molecule is CCOC(C(=O)O)C(CC)c1ccc(OCCn2c(C)ccc2-c2ccc3ccccc3n2)cc1. The van der Waals surface area contributed by atoms with Crippen LogP contribution in [0, 0.1) is 6.92 Å². The molecule has 1 N–H and O–H groups in total. The Kier molecular flexibility index (Phi) is 7.83. The van der Waals surface area contributed by atoms with E-state index in [1.807, 2.05) is 56.3 Å². The topological polar surface area (TPSA) is 73.6 Å². The van der Waals surface area contributed by atoms with Crippen LogP contribution in [0.1, 0.15) is 37.4 Å². The van der Waals surface area contributed by atoms with Crippen LogP contribution in [0.2, 0.25) is 0 Å². The van der Waals surface area contributed by atoms with Crippen molar-refractivity contribution in [2.45, 2.75) is 45.8 Å². The third kappa shape index (κ3) is 5.54. The molecule has 0 amide bonds. The number of aryl methyl sites for hydroxylation is 1. The van der Waals surface area contributed by atoms with Crippen molar-refractivity contribution in [2.75, 3.05) is 13.2 Å². The molecule has 0 aliphatic carbocycles. The van der Waals surface area contributed by atoms with Crippen molar-refractivity contribution >= 4 is 16.9 Å². The van der Waals surface area contributed by atoms with Crippen molar-refractivity contribution in [3.05, 3.63) is 84.1 Å². The molecular weight excluding hydrogens is 440 g/mol. The summed E-state index contributed by atoms with van der Waals surface area (Å²) < 4.78 is 13.7. The normalized spacial score (nSPS) is 13.0. The molecule has 0 saturated heterocycles. The van der Waals surface area contributed by atoms with Gasteiger partial charge in [0.1, 0.15) is 12.4 Å². The molecule has 0 saturated carbocycles. The van der Waals surface area contributed by atoms with Crippen LogP contribution in [0.5, 0.6) is 5.75 Å². The second-order valence-corrected chi connectivity index (χ2v) is 8.55. The van der Waals surface area contributed by atoms with E-state index < -0.39 is 12.1 Å². The maximum absolute atomic E-state index is 11.6. The van der Waals surface area contributed by atoms with Crippen LogP contribution in [-0.4, -0.2) is 39.9 Å². The van der Waals surface area contributed by atoms with Gasteiger partial charge in [0.05, 0.1) is 23.4 Å². The van der Waals surface area contributed by atoms with Crippen LogP contribution >= 0.6 is 0 Å². The molecule has 2 aromatic carbocycles. The molecule has 4 aromatic rings. The van der Waals surface area contributed by atoms with E-state index in [-0.39, 0.29) is 5.92 Å². The van der Waals surface area contributed by atoms with Gasteiger partial charge in [0.15, 0.2) is 6.10 Å². The molecule has 0 fully saturated rings. The van der Waals surface area contributed by atoms with Crippen LogP contribution in [0.25, 0.3) is 22.3 Å². The molecule has 4 rings (SSSR count). The number of carbonyl (C=O) groups is 1. The Bertz CT molecular complexity index is 1280. The lowest BCUT2D eigenvalue weighted by atomic mass is 9.91. The highest BCUT2D eigenvalue weighted by molar-refractivity contribution is 5.81. The van der Waals surface area contributed by atoms with Gasteiger partial charge in [0.2, 0.25) is 0 Å². The second-order valence-electron chi connectivity index (χ2n) is 8.55. The first-order chi connectivity index (χ1) is 17.0. The molecule has 6 nitrogen and oxygen atoms in total. The molecule has 0 bridgehead atoms. The number of para-hydroxylation sites is 1. The molecule has 0 aliphatic rings. The summed E-state index contributed by atoms with van der Waals surface area (Å²) in [5.74, 6) is -0.388. The Labute approximate surface area is 206 Å². The summed E-state index contributed by atoms with van der Waals surface area (Å²) in [6.07, 6.45) is -0.175. The third-order valence-electron chi connectivity index (χ3n) is 6.35. The average molecular weight is 473 g/mol. The van der Waals surface area contributed by atoms with Gasteiger partial charge in [-0.15, -0.1) is 0 Å². The first-order valence-corrected chi connectivity index (χ1v) is 12.1. The minimum atomic E-state index is -0.933. The Morgan fingerprint density at radius 2 is 1.77 bits per heavy atom. The van der Waals surface area contributed by atoms with Crippen molar-refractivity contribution < 1.29 is 19.4 Å². The van der Waals surface area contributed by atoms with E-state index in [0.29, 0.717) is 26.2 Å². The molecule has 2 atom stereocenters. The number of ether oxygens (including phenoxy) is 2. The summed E-state index contributed by atoms with van der Waals surface area (Å²) in [6.45, 7) is 7.43. The van der Waals surface area contributed by atoms with Crippen molar-refractivity contribution in [1.29, 1.82) is 0 Å². The number of hydrogen-bond donors (Lipinski definition) is 1. The highest BCUT2D eigenvalue weighted by Crippen LogP contribution is 2.28. The van der Waals surface area contributed by atoms with Crippen LogP contribution in [0.15, 0.2) is 72.8 Å². The van der Waals surface area contributed by atoms with Crippen LogP contribution in [0.3, 0.4) is 0 Å². The summed E-state index contributed by atoms with van der Waals surface area (Å²) in [7, 11) is 0. The van der Waals surface area contributed by atoms with Gasteiger partial charge >= 0.3 is 5.97 Å². The zero-order chi connectivity index (χ0) is 24.8. The number of rotatable bonds is 11. The quantitative estimate of drug-likeness (QED) is 0.287. The minimum absolute atomic E-state index is 0.207. The third-order valence-corrected chi connectivity index (χ3v) is 6.35. The maximum atomic E-state index is 11.6. The summed E-state index contributed by atoms with van der Waals surface area (Å²) in [5.41, 5.74) is 5.07. The van der Waals surface area contributed by atoms with Gasteiger partial charge in [-0.05, 0) is 62.2 Å². The molecule has 35 heavy (non-hydrogen) atoms. The van der Waals surface area contributed by atoms with Gasteiger partial charge in [0.25, 0.3) is 0 Å². The standard InChI is InChI=1S/C29H32N2O4/c1-4-24(28(29(32)33)34-5-2)21-11-14-23(15-12-21)35-19-18-31-20(3)10-17-27(31)26-16-13-22-8-6-7-9-25(22)30-26/h6-17,24,28H,4-5,18-19H2,1-3H3,(H,32,33). The molecule has 2 heterocycles. The van der Waals surface area contributed by atoms with Crippen LogP contribution < -0.4 is 4.74 Å². The lowest BCUT2D eigenvalue weighted by Gasteiger charge is -2.23. The molecule has 2 unspecified atom stereocenters. The van der Waals surface area contributed by atoms with E-state index in [0.717, 1.165) is 39.3 Å². The average Bonchev–Trinajstić information content (AvgIpc) is 3.24. The van der Waals surface area contributed by atoms with E-state index in [1.54, 1.807) is 0 Å². The fourth-order valence-electron chi connectivity index (χ4n) is 4.53. The largest absolute Gasteiger partial charge is 0.492 e. The fourth-order valence-corrected chi connectivity index (χ4v) is 4.53.